The van der Waals surface area contributed by atoms with E-state index in [2.05, 4.69) is 46.1 Å². The second-order valence-electron chi connectivity index (χ2n) is 4.41. The lowest BCUT2D eigenvalue weighted by atomic mass is 10.2. The molecule has 2 aromatic rings. The van der Waals surface area contributed by atoms with Crippen molar-refractivity contribution in [2.45, 2.75) is 22.9 Å². The fourth-order valence-corrected chi connectivity index (χ4v) is 3.39. The summed E-state index contributed by atoms with van der Waals surface area (Å²) in [6.45, 7) is 0.845. The number of nitrogens with two attached hydrogens (primary N) is 1. The molecule has 0 aliphatic carbocycles. The van der Waals surface area contributed by atoms with E-state index in [-0.39, 0.29) is 6.61 Å². The van der Waals surface area contributed by atoms with Gasteiger partial charge in [0.2, 0.25) is 0 Å². The van der Waals surface area contributed by atoms with Crippen molar-refractivity contribution >= 4 is 40.0 Å². The third kappa shape index (κ3) is 3.88. The van der Waals surface area contributed by atoms with Crippen LogP contribution in [0.25, 0.3) is 0 Å². The van der Waals surface area contributed by atoms with Gasteiger partial charge in [-0.25, -0.2) is 0 Å². The zero-order chi connectivity index (χ0) is 14.5. The topological polar surface area (TPSA) is 58.3 Å². The molecule has 0 aliphatic rings. The van der Waals surface area contributed by atoms with E-state index in [0.717, 1.165) is 17.0 Å². The Balaban J connectivity index is 2.29. The maximum atomic E-state index is 9.12. The van der Waals surface area contributed by atoms with E-state index in [1.165, 1.54) is 14.0 Å². The zero-order valence-electron chi connectivity index (χ0n) is 11.2. The van der Waals surface area contributed by atoms with Gasteiger partial charge in [0.15, 0.2) is 0 Å². The lowest BCUT2D eigenvalue weighted by Crippen LogP contribution is -2.06. The molecule has 0 heterocycles. The summed E-state index contributed by atoms with van der Waals surface area (Å²) < 4.78 is 1.22. The fraction of sp³-hybridized carbons (Fsp3) is 0.200. The van der Waals surface area contributed by atoms with Gasteiger partial charge in [0.1, 0.15) is 0 Å². The monoisotopic (exact) mass is 400 g/mol. The summed E-state index contributed by atoms with van der Waals surface area (Å²) in [6.07, 6.45) is 0. The number of rotatable bonds is 5. The molecule has 0 amide bonds. The molecule has 4 N–H and O–H groups in total. The largest absolute Gasteiger partial charge is 0.398 e. The van der Waals surface area contributed by atoms with Crippen molar-refractivity contribution in [3.63, 3.8) is 0 Å². The highest BCUT2D eigenvalue weighted by atomic mass is 127. The van der Waals surface area contributed by atoms with Crippen molar-refractivity contribution in [1.82, 2.24) is 5.32 Å². The lowest BCUT2D eigenvalue weighted by molar-refractivity contribution is 0.282. The average molecular weight is 400 g/mol. The van der Waals surface area contributed by atoms with Crippen molar-refractivity contribution in [1.29, 1.82) is 0 Å². The Morgan fingerprint density at radius 3 is 2.60 bits per heavy atom. The second-order valence-corrected chi connectivity index (χ2v) is 6.74. The van der Waals surface area contributed by atoms with Crippen molar-refractivity contribution in [3.05, 3.63) is 51.1 Å². The molecule has 2 rings (SSSR count). The van der Waals surface area contributed by atoms with Crippen LogP contribution in [0.1, 0.15) is 11.1 Å². The Labute approximate surface area is 137 Å². The summed E-state index contributed by atoms with van der Waals surface area (Å²) in [5, 5.41) is 12.3. The number of nitrogens with one attached hydrogen (secondary N) is 1. The van der Waals surface area contributed by atoms with Crippen molar-refractivity contribution < 1.29 is 5.11 Å². The van der Waals surface area contributed by atoms with Gasteiger partial charge < -0.3 is 16.2 Å². The van der Waals surface area contributed by atoms with E-state index in [1.807, 2.05) is 25.2 Å². The normalized spacial score (nSPS) is 10.8. The molecule has 0 spiro atoms. The first kappa shape index (κ1) is 15.6. The Hall–Kier alpha value is -0.760. The number of benzene rings is 2. The van der Waals surface area contributed by atoms with Crippen molar-refractivity contribution in [2.24, 2.45) is 0 Å². The quantitative estimate of drug-likeness (QED) is 0.533. The van der Waals surface area contributed by atoms with Gasteiger partial charge in [0, 0.05) is 25.6 Å². The first-order valence-corrected chi connectivity index (χ1v) is 8.13. The highest BCUT2D eigenvalue weighted by Gasteiger charge is 2.08. The minimum atomic E-state index is 0.0175. The molecule has 5 heteroatoms. The number of halogens is 1. The highest BCUT2D eigenvalue weighted by molar-refractivity contribution is 14.1. The number of aliphatic hydroxyl groups is 1. The number of aliphatic hydroxyl groups excluding tert-OH is 1. The Morgan fingerprint density at radius 2 is 1.95 bits per heavy atom. The molecule has 0 fully saturated rings. The van der Waals surface area contributed by atoms with Crippen LogP contribution in [0, 0.1) is 3.57 Å². The summed E-state index contributed by atoms with van der Waals surface area (Å²) in [4.78, 5) is 2.21. The van der Waals surface area contributed by atoms with Gasteiger partial charge in [0.25, 0.3) is 0 Å². The molecule has 3 nitrogen and oxygen atoms in total. The van der Waals surface area contributed by atoms with E-state index in [1.54, 1.807) is 11.8 Å². The summed E-state index contributed by atoms with van der Waals surface area (Å²) in [7, 11) is 1.94. The Kier molecular flexibility index (Phi) is 5.71. The summed E-state index contributed by atoms with van der Waals surface area (Å²) in [5.74, 6) is 0. The average Bonchev–Trinajstić information content (AvgIpc) is 2.44. The summed E-state index contributed by atoms with van der Waals surface area (Å²) >= 11 is 3.98. The maximum absolute atomic E-state index is 9.12. The van der Waals surface area contributed by atoms with Crippen LogP contribution < -0.4 is 11.1 Å². The molecule has 0 unspecified atom stereocenters. The van der Waals surface area contributed by atoms with Gasteiger partial charge in [-0.3, -0.25) is 0 Å². The van der Waals surface area contributed by atoms with Crippen LogP contribution >= 0.6 is 34.4 Å². The molecule has 0 aromatic heterocycles. The van der Waals surface area contributed by atoms with Crippen LogP contribution in [-0.4, -0.2) is 12.2 Å². The third-order valence-corrected chi connectivity index (χ3v) is 4.75. The van der Waals surface area contributed by atoms with E-state index in [4.69, 9.17) is 10.8 Å². The van der Waals surface area contributed by atoms with Gasteiger partial charge >= 0.3 is 0 Å². The molecule has 0 saturated heterocycles. The third-order valence-electron chi connectivity index (χ3n) is 2.87. The number of hydrogen-bond acceptors (Lipinski definition) is 4. The van der Waals surface area contributed by atoms with E-state index >= 15 is 0 Å². The number of hydrogen-bond donors (Lipinski definition) is 3. The molecule has 0 aliphatic heterocycles. The predicted octanol–water partition coefficient (Wildman–Crippen LogP) is 3.24. The first-order valence-electron chi connectivity index (χ1n) is 6.24. The maximum Gasteiger partial charge on any atom is 0.0682 e. The van der Waals surface area contributed by atoms with E-state index < -0.39 is 0 Å². The number of anilines is 1. The number of nitrogen functional groups attached to an aromatic ring is 1. The Bertz CT molecular complexity index is 604. The standard InChI is InChI=1S/C15H17IN2OS/c1-18-8-11-7-12(16)3-5-14(11)20-15-4-2-10(9-19)6-13(15)17/h2-7,18-19H,8-9,17H2,1H3. The molecule has 20 heavy (non-hydrogen) atoms. The van der Waals surface area contributed by atoms with Crippen LogP contribution in [0.3, 0.4) is 0 Å². The predicted molar refractivity (Wildman–Crippen MR) is 92.8 cm³/mol. The molecule has 0 radical (unpaired) electrons. The van der Waals surface area contributed by atoms with Crippen molar-refractivity contribution in [3.8, 4) is 0 Å². The van der Waals surface area contributed by atoms with Gasteiger partial charge in [-0.2, -0.15) is 0 Å². The minimum absolute atomic E-state index is 0.0175. The molecule has 0 bridgehead atoms. The highest BCUT2D eigenvalue weighted by Crippen LogP contribution is 2.35. The van der Waals surface area contributed by atoms with Gasteiger partial charge in [-0.1, -0.05) is 17.8 Å². The molecule has 0 saturated carbocycles. The fourth-order valence-electron chi connectivity index (χ4n) is 1.88. The van der Waals surface area contributed by atoms with Crippen LogP contribution in [0.15, 0.2) is 46.2 Å². The van der Waals surface area contributed by atoms with Crippen LogP contribution in [-0.2, 0) is 13.2 Å². The van der Waals surface area contributed by atoms with E-state index in [0.29, 0.717) is 5.69 Å². The first-order chi connectivity index (χ1) is 9.63. The van der Waals surface area contributed by atoms with Gasteiger partial charge in [-0.05, 0) is 71.1 Å². The molecule has 2 aromatic carbocycles. The van der Waals surface area contributed by atoms with Crippen LogP contribution in [0.5, 0.6) is 0 Å². The van der Waals surface area contributed by atoms with Crippen LogP contribution in [0.2, 0.25) is 0 Å². The summed E-state index contributed by atoms with van der Waals surface area (Å²) in [6, 6.07) is 12.1. The molecular formula is C15H17IN2OS. The van der Waals surface area contributed by atoms with Gasteiger partial charge in [0.05, 0.1) is 6.61 Å². The minimum Gasteiger partial charge on any atom is -0.398 e. The lowest BCUT2D eigenvalue weighted by Gasteiger charge is -2.11. The summed E-state index contributed by atoms with van der Waals surface area (Å²) in [5.41, 5.74) is 8.85. The smallest absolute Gasteiger partial charge is 0.0682 e. The van der Waals surface area contributed by atoms with Crippen molar-refractivity contribution in [2.75, 3.05) is 12.8 Å². The van der Waals surface area contributed by atoms with E-state index in [9.17, 15) is 0 Å². The van der Waals surface area contributed by atoms with Gasteiger partial charge in [-0.15, -0.1) is 0 Å². The molecule has 0 atom stereocenters. The van der Waals surface area contributed by atoms with Crippen LogP contribution in [0.4, 0.5) is 5.69 Å². The Morgan fingerprint density at radius 1 is 1.20 bits per heavy atom. The molecular weight excluding hydrogens is 383 g/mol. The molecule has 106 valence electrons. The second kappa shape index (κ2) is 7.31. The SMILES string of the molecule is CNCc1cc(I)ccc1Sc1ccc(CO)cc1N. The zero-order valence-corrected chi connectivity index (χ0v) is 14.2.